The molecule has 0 saturated carbocycles. The van der Waals surface area contributed by atoms with Crippen molar-refractivity contribution in [2.24, 2.45) is 0 Å². The molecule has 0 unspecified atom stereocenters. The molecule has 2 aromatic heterocycles. The molecule has 5 nitrogen and oxygen atoms in total. The first-order valence-electron chi connectivity index (χ1n) is 21.0. The van der Waals surface area contributed by atoms with Crippen LogP contribution in [-0.2, 0) is 27.2 Å². The van der Waals surface area contributed by atoms with Gasteiger partial charge in [-0.15, -0.1) is 0 Å². The summed E-state index contributed by atoms with van der Waals surface area (Å²) >= 11 is 0. The van der Waals surface area contributed by atoms with Crippen LogP contribution in [0.1, 0.15) is 112 Å². The standard InChI is InChI=1S/C54H59N3O2/c1-50(2,3)36-23-26-43(55-32-36)35-28-37(51(4,5)6)31-38(29-35)59-45-27-25-40(39-24-22-34(30-42(39)52(7,8)9)33-18-15-14-16-19-33)48-47(45)56-49-46-41(20-17-21-44(46)58)53(10,11)54(12,13)57(48)49/h14-32,58H,1-13H3. The molecule has 0 spiro atoms. The Balaban J connectivity index is 1.40. The second kappa shape index (κ2) is 13.7. The fourth-order valence-corrected chi connectivity index (χ4v) is 8.66. The first-order valence-corrected chi connectivity index (χ1v) is 21.0. The molecule has 8 rings (SSSR count). The van der Waals surface area contributed by atoms with Gasteiger partial charge in [-0.25, -0.2) is 4.98 Å². The Labute approximate surface area is 351 Å². The number of pyridine rings is 1. The highest BCUT2D eigenvalue weighted by Crippen LogP contribution is 2.55. The predicted molar refractivity (Wildman–Crippen MR) is 246 cm³/mol. The number of imidazole rings is 1. The summed E-state index contributed by atoms with van der Waals surface area (Å²) in [5.74, 6) is 2.34. The van der Waals surface area contributed by atoms with Gasteiger partial charge in [0.2, 0.25) is 0 Å². The number of phenolic OH excluding ortho intramolecular Hbond substituents is 1. The van der Waals surface area contributed by atoms with E-state index in [2.05, 4.69) is 192 Å². The molecule has 5 heteroatoms. The second-order valence-electron chi connectivity index (χ2n) is 20.6. The van der Waals surface area contributed by atoms with E-state index in [0.717, 1.165) is 61.7 Å². The summed E-state index contributed by atoms with van der Waals surface area (Å²) in [6, 6.07) is 38.4. The summed E-state index contributed by atoms with van der Waals surface area (Å²) in [5.41, 5.74) is 12.5. The molecule has 0 atom stereocenters. The number of rotatable bonds is 5. The highest BCUT2D eigenvalue weighted by molar-refractivity contribution is 6.00. The van der Waals surface area contributed by atoms with Gasteiger partial charge in [0, 0.05) is 22.7 Å². The number of hydrogen-bond donors (Lipinski definition) is 1. The molecule has 1 aliphatic rings. The van der Waals surface area contributed by atoms with Gasteiger partial charge < -0.3 is 14.4 Å². The Bertz CT molecular complexity index is 2730. The third-order valence-electron chi connectivity index (χ3n) is 12.9. The average molecular weight is 782 g/mol. The molecule has 5 aromatic carbocycles. The first-order chi connectivity index (χ1) is 27.6. The van der Waals surface area contributed by atoms with Crippen LogP contribution in [0.5, 0.6) is 17.2 Å². The summed E-state index contributed by atoms with van der Waals surface area (Å²) in [4.78, 5) is 10.4. The summed E-state index contributed by atoms with van der Waals surface area (Å²) < 4.78 is 9.46. The van der Waals surface area contributed by atoms with Crippen molar-refractivity contribution < 1.29 is 9.84 Å². The van der Waals surface area contributed by atoms with Gasteiger partial charge in [-0.1, -0.05) is 143 Å². The lowest BCUT2D eigenvalue weighted by Crippen LogP contribution is -2.48. The molecule has 0 amide bonds. The van der Waals surface area contributed by atoms with Crippen molar-refractivity contribution >= 4 is 11.0 Å². The molecule has 302 valence electrons. The number of nitrogens with zero attached hydrogens (tertiary/aromatic N) is 3. The quantitative estimate of drug-likeness (QED) is 0.189. The number of fused-ring (bicyclic) bond motifs is 5. The molecule has 3 heterocycles. The molecular formula is C54H59N3O2. The molecular weight excluding hydrogens is 723 g/mol. The minimum absolute atomic E-state index is 0.00692. The number of hydrogen-bond acceptors (Lipinski definition) is 4. The fraction of sp³-hybridized carbons (Fsp3) is 0.333. The zero-order chi connectivity index (χ0) is 42.4. The third-order valence-corrected chi connectivity index (χ3v) is 12.9. The van der Waals surface area contributed by atoms with Crippen molar-refractivity contribution in [3.05, 3.63) is 138 Å². The molecule has 0 radical (unpaired) electrons. The van der Waals surface area contributed by atoms with Crippen LogP contribution in [0.25, 0.3) is 55.9 Å². The van der Waals surface area contributed by atoms with E-state index in [1.165, 1.54) is 22.3 Å². The van der Waals surface area contributed by atoms with Crippen LogP contribution < -0.4 is 4.74 Å². The zero-order valence-electron chi connectivity index (χ0n) is 37.2. The van der Waals surface area contributed by atoms with E-state index in [0.29, 0.717) is 5.75 Å². The van der Waals surface area contributed by atoms with Crippen LogP contribution in [0.2, 0.25) is 0 Å². The van der Waals surface area contributed by atoms with Crippen LogP contribution >= 0.6 is 0 Å². The highest BCUT2D eigenvalue weighted by atomic mass is 16.5. The molecule has 0 fully saturated rings. The number of ether oxygens (including phenoxy) is 1. The maximum Gasteiger partial charge on any atom is 0.155 e. The van der Waals surface area contributed by atoms with E-state index in [4.69, 9.17) is 14.7 Å². The molecule has 1 N–H and O–H groups in total. The Morgan fingerprint density at radius 3 is 1.95 bits per heavy atom. The van der Waals surface area contributed by atoms with E-state index in [-0.39, 0.29) is 27.4 Å². The minimum Gasteiger partial charge on any atom is -0.507 e. The topological polar surface area (TPSA) is 60.2 Å². The van der Waals surface area contributed by atoms with Gasteiger partial charge in [0.1, 0.15) is 22.8 Å². The summed E-state index contributed by atoms with van der Waals surface area (Å²) in [6.07, 6.45) is 1.99. The number of phenols is 1. The largest absolute Gasteiger partial charge is 0.507 e. The Kier molecular flexibility index (Phi) is 9.31. The lowest BCUT2D eigenvalue weighted by Gasteiger charge is -2.48. The maximum atomic E-state index is 11.6. The van der Waals surface area contributed by atoms with Crippen molar-refractivity contribution in [2.75, 3.05) is 0 Å². The van der Waals surface area contributed by atoms with Crippen molar-refractivity contribution in [3.63, 3.8) is 0 Å². The second-order valence-corrected chi connectivity index (χ2v) is 20.6. The highest BCUT2D eigenvalue weighted by Gasteiger charge is 2.49. The van der Waals surface area contributed by atoms with E-state index in [1.807, 2.05) is 12.3 Å². The fourth-order valence-electron chi connectivity index (χ4n) is 8.66. The smallest absolute Gasteiger partial charge is 0.155 e. The molecule has 0 bridgehead atoms. The van der Waals surface area contributed by atoms with E-state index in [1.54, 1.807) is 6.07 Å². The Morgan fingerprint density at radius 1 is 0.610 bits per heavy atom. The monoisotopic (exact) mass is 781 g/mol. The summed E-state index contributed by atoms with van der Waals surface area (Å²) in [7, 11) is 0. The van der Waals surface area contributed by atoms with Gasteiger partial charge in [-0.05, 0) is 112 Å². The van der Waals surface area contributed by atoms with Crippen LogP contribution in [0.15, 0.2) is 115 Å². The first kappa shape index (κ1) is 40.1. The number of aromatic hydroxyl groups is 1. The predicted octanol–water partition coefficient (Wildman–Crippen LogP) is 14.5. The summed E-state index contributed by atoms with van der Waals surface area (Å²) in [5, 5.41) is 11.6. The lowest BCUT2D eigenvalue weighted by atomic mass is 9.65. The minimum atomic E-state index is -0.457. The van der Waals surface area contributed by atoms with Gasteiger partial charge in [0.05, 0.1) is 22.3 Å². The molecule has 59 heavy (non-hydrogen) atoms. The van der Waals surface area contributed by atoms with Crippen LogP contribution in [0.3, 0.4) is 0 Å². The lowest BCUT2D eigenvalue weighted by molar-refractivity contribution is 0.201. The summed E-state index contributed by atoms with van der Waals surface area (Å²) in [6.45, 7) is 29.3. The molecule has 7 aromatic rings. The van der Waals surface area contributed by atoms with E-state index >= 15 is 0 Å². The zero-order valence-corrected chi connectivity index (χ0v) is 37.2. The van der Waals surface area contributed by atoms with Crippen LogP contribution in [0.4, 0.5) is 0 Å². The van der Waals surface area contributed by atoms with Crippen molar-refractivity contribution in [2.45, 2.75) is 117 Å². The molecule has 1 aliphatic heterocycles. The SMILES string of the molecule is CC(C)(C)c1ccc(-c2cc(Oc3ccc(-c4ccc(-c5ccccc5)cc4C(C)(C)C)c4c3nc3n4C(C)(C)C(C)(C)c4cccc(O)c4-3)cc(C(C)(C)C)c2)nc1. The van der Waals surface area contributed by atoms with Gasteiger partial charge in [0.25, 0.3) is 0 Å². The molecule has 0 saturated heterocycles. The normalized spacial score (nSPS) is 14.9. The van der Waals surface area contributed by atoms with Crippen molar-refractivity contribution in [1.82, 2.24) is 14.5 Å². The van der Waals surface area contributed by atoms with Gasteiger partial charge >= 0.3 is 0 Å². The van der Waals surface area contributed by atoms with Crippen LogP contribution in [0, 0.1) is 0 Å². The van der Waals surface area contributed by atoms with E-state index in [9.17, 15) is 5.11 Å². The number of benzene rings is 5. The third kappa shape index (κ3) is 6.83. The van der Waals surface area contributed by atoms with Gasteiger partial charge in [-0.2, -0.15) is 0 Å². The molecule has 0 aliphatic carbocycles. The van der Waals surface area contributed by atoms with Crippen molar-refractivity contribution in [3.8, 4) is 62.1 Å². The maximum absolute atomic E-state index is 11.6. The average Bonchev–Trinajstić information content (AvgIpc) is 3.58. The van der Waals surface area contributed by atoms with Gasteiger partial charge in [0.15, 0.2) is 5.75 Å². The van der Waals surface area contributed by atoms with Gasteiger partial charge in [-0.3, -0.25) is 4.98 Å². The van der Waals surface area contributed by atoms with Crippen molar-refractivity contribution in [1.29, 1.82) is 0 Å². The Hall–Kier alpha value is -5.68. The van der Waals surface area contributed by atoms with Crippen LogP contribution in [-0.4, -0.2) is 19.6 Å². The number of aromatic nitrogens is 3. The Morgan fingerprint density at radius 2 is 1.31 bits per heavy atom. The van der Waals surface area contributed by atoms with E-state index < -0.39 is 5.54 Å².